The van der Waals surface area contributed by atoms with Crippen LogP contribution >= 0.6 is 6.04 Å². The minimum Gasteiger partial charge on any atom is -0.489 e. The van der Waals surface area contributed by atoms with E-state index in [-0.39, 0.29) is 12.2 Å². The Kier molecular flexibility index (Phi) is 8.90. The van der Waals surface area contributed by atoms with E-state index in [1.54, 1.807) is 0 Å². The number of rotatable bonds is 0. The van der Waals surface area contributed by atoms with Crippen molar-refractivity contribution in [1.29, 1.82) is 0 Å². The molecule has 2 saturated carbocycles. The van der Waals surface area contributed by atoms with Gasteiger partial charge in [-0.1, -0.05) is 112 Å². The highest BCUT2D eigenvalue weighted by Crippen LogP contribution is 2.74. The van der Waals surface area contributed by atoms with Crippen LogP contribution < -0.4 is 0 Å². The summed E-state index contributed by atoms with van der Waals surface area (Å²) in [7, 11) is 0. The topological polar surface area (TPSA) is 18.5 Å². The van der Waals surface area contributed by atoms with Gasteiger partial charge in [-0.3, -0.25) is 0 Å². The second-order valence-electron chi connectivity index (χ2n) is 11.0. The van der Waals surface area contributed by atoms with Crippen molar-refractivity contribution >= 4 is 17.8 Å². The van der Waals surface area contributed by atoms with Crippen LogP contribution in [0.4, 0.5) is 0 Å². The molecule has 2 heterocycles. The summed E-state index contributed by atoms with van der Waals surface area (Å²) in [5.74, 6) is 2.03. The van der Waals surface area contributed by atoms with Gasteiger partial charge in [-0.25, -0.2) is 0 Å². The molecule has 0 N–H and O–H groups in total. The summed E-state index contributed by atoms with van der Waals surface area (Å²) >= 11 is 7.11. The second kappa shape index (κ2) is 12.3. The largest absolute Gasteiger partial charge is 0.489 e. The summed E-state index contributed by atoms with van der Waals surface area (Å²) < 4.78 is 13.9. The second-order valence-corrected chi connectivity index (χ2v) is 16.0. The van der Waals surface area contributed by atoms with Crippen molar-refractivity contribution in [2.75, 3.05) is 0 Å². The van der Waals surface area contributed by atoms with Crippen LogP contribution in [0.1, 0.15) is 96.3 Å². The quantitative estimate of drug-likeness (QED) is 0.303. The molecule has 5 rings (SSSR count). The highest BCUT2D eigenvalue weighted by atomic mass is 32.4. The van der Waals surface area contributed by atoms with Crippen molar-refractivity contribution in [1.82, 2.24) is 0 Å². The van der Waals surface area contributed by atoms with E-state index in [4.69, 9.17) is 21.3 Å². The van der Waals surface area contributed by atoms with Crippen molar-refractivity contribution < 1.29 is 9.47 Å². The Hall–Kier alpha value is -1.31. The van der Waals surface area contributed by atoms with Crippen molar-refractivity contribution in [3.63, 3.8) is 0 Å². The molecule has 35 heavy (non-hydrogen) atoms. The van der Waals surface area contributed by atoms with Gasteiger partial charge in [0.2, 0.25) is 0 Å². The number of fused-ring (bicyclic) bond motifs is 4. The molecule has 0 radical (unpaired) electrons. The smallest absolute Gasteiger partial charge is 0.131 e. The summed E-state index contributed by atoms with van der Waals surface area (Å²) in [6, 6.07) is -1.94. The molecule has 2 nitrogen and oxygen atoms in total. The number of allylic oxidation sites excluding steroid dienone is 10. The average Bonchev–Trinajstić information content (AvgIpc) is 2.97. The average molecular weight is 511 g/mol. The lowest BCUT2D eigenvalue weighted by Gasteiger charge is -2.52. The third kappa shape index (κ3) is 5.67. The van der Waals surface area contributed by atoms with E-state index in [9.17, 15) is 0 Å². The Balaban J connectivity index is 1.66. The molecule has 3 aliphatic carbocycles. The Morgan fingerprint density at radius 3 is 1.69 bits per heavy atom. The standard InChI is InChI=1S/C31H43O2PS/c35-34-29-23-17-11-5-4-7-13-19-25(29)32-27-21-15-8-2-1-3-9-16-22-28(31(27)34)33-26-20-14-10-6-12-18-24-30(26)34/h1-3,8-9,15-16,21-22,25-26,29-30H,4-7,10-14,17-20,23-24H2/b2-1-,3-1?,8-2?,9-3-,15-8-,16-9?,21-15?,22-16-,27-21?,28-22?. The van der Waals surface area contributed by atoms with Crippen LogP contribution in [0.5, 0.6) is 0 Å². The highest BCUT2D eigenvalue weighted by Gasteiger charge is 2.54. The molecule has 5 aliphatic rings. The molecule has 2 aliphatic heterocycles. The predicted octanol–water partition coefficient (Wildman–Crippen LogP) is 9.21. The molecule has 3 fully saturated rings. The maximum absolute atomic E-state index is 7.11. The molecule has 190 valence electrons. The minimum absolute atomic E-state index is 0.266. The molecule has 0 bridgehead atoms. The third-order valence-electron chi connectivity index (χ3n) is 8.61. The molecule has 5 atom stereocenters. The van der Waals surface area contributed by atoms with Gasteiger partial charge in [-0.2, -0.15) is 0 Å². The van der Waals surface area contributed by atoms with Crippen LogP contribution in [-0.2, 0) is 21.3 Å². The van der Waals surface area contributed by atoms with Crippen molar-refractivity contribution in [2.45, 2.75) is 120 Å². The van der Waals surface area contributed by atoms with Gasteiger partial charge in [-0.15, -0.1) is 0 Å². The minimum atomic E-state index is -1.94. The Morgan fingerprint density at radius 2 is 1.06 bits per heavy atom. The van der Waals surface area contributed by atoms with E-state index < -0.39 is 6.04 Å². The van der Waals surface area contributed by atoms with E-state index >= 15 is 0 Å². The van der Waals surface area contributed by atoms with Crippen LogP contribution in [0.2, 0.25) is 0 Å². The Labute approximate surface area is 218 Å². The van der Waals surface area contributed by atoms with Crippen molar-refractivity contribution in [2.24, 2.45) is 0 Å². The Morgan fingerprint density at radius 1 is 0.571 bits per heavy atom. The molecule has 0 aromatic carbocycles. The zero-order chi connectivity index (χ0) is 23.9. The summed E-state index contributed by atoms with van der Waals surface area (Å²) in [5.41, 5.74) is 0.994. The van der Waals surface area contributed by atoms with Gasteiger partial charge in [0, 0.05) is 17.4 Å². The summed E-state index contributed by atoms with van der Waals surface area (Å²) in [6.45, 7) is 0. The van der Waals surface area contributed by atoms with Gasteiger partial charge in [0.05, 0.1) is 5.31 Å². The first-order valence-electron chi connectivity index (χ1n) is 14.3. The number of hydrogen-bond acceptors (Lipinski definition) is 3. The van der Waals surface area contributed by atoms with Gasteiger partial charge >= 0.3 is 0 Å². The van der Waals surface area contributed by atoms with E-state index in [0.717, 1.165) is 24.4 Å². The third-order valence-corrected chi connectivity index (χ3v) is 15.1. The molecule has 4 heteroatoms. The zero-order valence-electron chi connectivity index (χ0n) is 21.3. The molecule has 0 amide bonds. The molecule has 5 unspecified atom stereocenters. The normalized spacial score (nSPS) is 39.9. The molecular formula is C31H43O2PS. The molecule has 0 aromatic heterocycles. The Bertz CT molecular complexity index is 968. The fourth-order valence-corrected chi connectivity index (χ4v) is 13.5. The first kappa shape index (κ1) is 25.3. The van der Waals surface area contributed by atoms with Crippen LogP contribution in [0.3, 0.4) is 0 Å². The molecule has 0 aromatic rings. The van der Waals surface area contributed by atoms with Gasteiger partial charge in [0.25, 0.3) is 0 Å². The highest BCUT2D eigenvalue weighted by molar-refractivity contribution is 8.17. The van der Waals surface area contributed by atoms with Gasteiger partial charge in [0.15, 0.2) is 0 Å². The van der Waals surface area contributed by atoms with Crippen LogP contribution in [0.25, 0.3) is 0 Å². The van der Waals surface area contributed by atoms with E-state index in [2.05, 4.69) is 54.7 Å². The summed E-state index contributed by atoms with van der Waals surface area (Å²) in [5, 5.41) is 1.28. The van der Waals surface area contributed by atoms with Crippen molar-refractivity contribution in [3.05, 3.63) is 71.5 Å². The molecular weight excluding hydrogens is 467 g/mol. The van der Waals surface area contributed by atoms with E-state index in [0.29, 0.717) is 11.3 Å². The lowest BCUT2D eigenvalue weighted by Crippen LogP contribution is -2.44. The number of hydrogen-bond donors (Lipinski definition) is 0. The van der Waals surface area contributed by atoms with Gasteiger partial charge in [-0.05, 0) is 50.7 Å². The van der Waals surface area contributed by atoms with E-state index in [1.807, 2.05) is 0 Å². The number of ether oxygens (including phenoxy) is 2. The first-order valence-corrected chi connectivity index (χ1v) is 17.3. The SMILES string of the molecule is S=P12C3=C(\C=C/C=C\C=C/C=C\C=C3OC3CCCCCCCCC31)OC1CCCCCCCC12. The molecule has 0 spiro atoms. The maximum atomic E-state index is 7.11. The summed E-state index contributed by atoms with van der Waals surface area (Å²) in [6.07, 6.45) is 39.0. The molecule has 1 saturated heterocycles. The lowest BCUT2D eigenvalue weighted by atomic mass is 9.98. The van der Waals surface area contributed by atoms with E-state index in [1.165, 1.54) is 88.8 Å². The zero-order valence-corrected chi connectivity index (χ0v) is 23.0. The summed E-state index contributed by atoms with van der Waals surface area (Å²) in [4.78, 5) is 0. The fourth-order valence-electron chi connectivity index (χ4n) is 6.87. The predicted molar refractivity (Wildman–Crippen MR) is 153 cm³/mol. The van der Waals surface area contributed by atoms with Gasteiger partial charge < -0.3 is 9.47 Å². The lowest BCUT2D eigenvalue weighted by molar-refractivity contribution is 0.0743. The maximum Gasteiger partial charge on any atom is 0.131 e. The van der Waals surface area contributed by atoms with Crippen LogP contribution in [-0.4, -0.2) is 23.5 Å². The van der Waals surface area contributed by atoms with Crippen LogP contribution in [0, 0.1) is 0 Å². The van der Waals surface area contributed by atoms with Crippen molar-refractivity contribution in [3.8, 4) is 0 Å². The first-order chi connectivity index (χ1) is 17.3. The monoisotopic (exact) mass is 510 g/mol. The van der Waals surface area contributed by atoms with Crippen LogP contribution in [0.15, 0.2) is 71.5 Å². The van der Waals surface area contributed by atoms with Gasteiger partial charge in [0.1, 0.15) is 23.7 Å². The fraction of sp³-hybridized carbons (Fsp3) is 0.613.